The van der Waals surface area contributed by atoms with Crippen LogP contribution in [0.25, 0.3) is 0 Å². The van der Waals surface area contributed by atoms with Gasteiger partial charge in [0.05, 0.1) is 19.3 Å². The Kier molecular flexibility index (Phi) is 6.49. The monoisotopic (exact) mass is 245 g/mol. The lowest BCUT2D eigenvalue weighted by atomic mass is 10.1. The normalized spacial score (nSPS) is 12.1. The van der Waals surface area contributed by atoms with Gasteiger partial charge in [0, 0.05) is 5.56 Å². The second-order valence-electron chi connectivity index (χ2n) is 4.95. The lowest BCUT2D eigenvalue weighted by Gasteiger charge is -2.15. The summed E-state index contributed by atoms with van der Waals surface area (Å²) in [6.45, 7) is 7.62. The summed E-state index contributed by atoms with van der Waals surface area (Å²) in [6.07, 6.45) is 1.40. The van der Waals surface area contributed by atoms with E-state index in [-0.39, 0.29) is 0 Å². The fraction of sp³-hybridized carbons (Fsp3) is 0.500. The summed E-state index contributed by atoms with van der Waals surface area (Å²) in [5.74, 6) is 6.52. The molecule has 0 radical (unpaired) electrons. The number of benzene rings is 1. The lowest BCUT2D eigenvalue weighted by Crippen LogP contribution is -2.11. The molecule has 0 saturated heterocycles. The van der Waals surface area contributed by atoms with Crippen molar-refractivity contribution in [2.75, 3.05) is 6.54 Å². The Morgan fingerprint density at radius 3 is 2.39 bits per heavy atom. The molecule has 2 N–H and O–H groups in total. The van der Waals surface area contributed by atoms with Crippen molar-refractivity contribution in [1.82, 2.24) is 0 Å². The Morgan fingerprint density at radius 1 is 1.17 bits per heavy atom. The first-order chi connectivity index (χ1) is 8.61. The van der Waals surface area contributed by atoms with E-state index < -0.39 is 0 Å². The molecule has 1 unspecified atom stereocenters. The number of rotatable bonds is 5. The van der Waals surface area contributed by atoms with Crippen molar-refractivity contribution in [3.8, 4) is 11.8 Å². The molecular weight excluding hydrogens is 222 g/mol. The predicted octanol–water partition coefficient (Wildman–Crippen LogP) is 2.95. The highest BCUT2D eigenvalue weighted by Gasteiger charge is 2.05. The average Bonchev–Trinajstić information content (AvgIpc) is 2.34. The van der Waals surface area contributed by atoms with Crippen LogP contribution in [0.15, 0.2) is 24.3 Å². The van der Waals surface area contributed by atoms with Crippen molar-refractivity contribution in [2.45, 2.75) is 39.9 Å². The van der Waals surface area contributed by atoms with Crippen molar-refractivity contribution < 1.29 is 4.74 Å². The van der Waals surface area contributed by atoms with Crippen molar-refractivity contribution in [3.05, 3.63) is 35.4 Å². The van der Waals surface area contributed by atoms with E-state index in [1.165, 1.54) is 5.56 Å². The summed E-state index contributed by atoms with van der Waals surface area (Å²) >= 11 is 0. The number of hydrogen-bond acceptors (Lipinski definition) is 2. The molecule has 1 rings (SSSR count). The predicted molar refractivity (Wildman–Crippen MR) is 76.1 cm³/mol. The van der Waals surface area contributed by atoms with Crippen LogP contribution in [-0.2, 0) is 11.3 Å². The van der Waals surface area contributed by atoms with Crippen molar-refractivity contribution in [1.29, 1.82) is 0 Å². The molecular formula is C16H23NO. The molecule has 0 bridgehead atoms. The van der Waals surface area contributed by atoms with Crippen LogP contribution in [0.3, 0.4) is 0 Å². The van der Waals surface area contributed by atoms with Crippen LogP contribution in [0.4, 0.5) is 0 Å². The maximum absolute atomic E-state index is 5.80. The minimum atomic E-state index is 0.307. The van der Waals surface area contributed by atoms with Gasteiger partial charge in [0.1, 0.15) is 0 Å². The van der Waals surface area contributed by atoms with Crippen molar-refractivity contribution in [2.24, 2.45) is 11.7 Å². The zero-order valence-electron chi connectivity index (χ0n) is 11.6. The molecule has 0 aromatic heterocycles. The smallest absolute Gasteiger partial charge is 0.0720 e. The second kappa shape index (κ2) is 7.92. The molecule has 18 heavy (non-hydrogen) atoms. The number of ether oxygens (including phenoxy) is 1. The standard InChI is InChI=1S/C16H23NO/c1-13(2)11-14(3)18-12-16-8-6-15(7-9-16)5-4-10-17/h6-9,13-14H,10-12,17H2,1-3H3. The maximum Gasteiger partial charge on any atom is 0.0720 e. The lowest BCUT2D eigenvalue weighted by molar-refractivity contribution is 0.0397. The van der Waals surface area contributed by atoms with Gasteiger partial charge in [0.2, 0.25) is 0 Å². The first kappa shape index (κ1) is 14.8. The molecule has 1 atom stereocenters. The van der Waals surface area contributed by atoms with Gasteiger partial charge in [-0.2, -0.15) is 0 Å². The highest BCUT2D eigenvalue weighted by atomic mass is 16.5. The van der Waals surface area contributed by atoms with E-state index in [9.17, 15) is 0 Å². The molecule has 0 heterocycles. The molecule has 0 aliphatic heterocycles. The van der Waals surface area contributed by atoms with Gasteiger partial charge in [0.25, 0.3) is 0 Å². The molecule has 0 aliphatic carbocycles. The van der Waals surface area contributed by atoms with Crippen LogP contribution in [0.1, 0.15) is 38.3 Å². The molecule has 1 aromatic carbocycles. The van der Waals surface area contributed by atoms with Crippen LogP contribution in [-0.4, -0.2) is 12.6 Å². The third-order valence-corrected chi connectivity index (χ3v) is 2.63. The molecule has 2 nitrogen and oxygen atoms in total. The Hall–Kier alpha value is -1.30. The van der Waals surface area contributed by atoms with Gasteiger partial charge < -0.3 is 10.5 Å². The topological polar surface area (TPSA) is 35.2 Å². The van der Waals surface area contributed by atoms with Crippen LogP contribution >= 0.6 is 0 Å². The van der Waals surface area contributed by atoms with E-state index in [2.05, 4.69) is 44.7 Å². The Morgan fingerprint density at radius 2 is 1.83 bits per heavy atom. The molecule has 0 fully saturated rings. The van der Waals surface area contributed by atoms with E-state index in [0.29, 0.717) is 25.2 Å². The fourth-order valence-corrected chi connectivity index (χ4v) is 1.81. The van der Waals surface area contributed by atoms with E-state index in [4.69, 9.17) is 10.5 Å². The molecule has 0 aliphatic rings. The van der Waals surface area contributed by atoms with Gasteiger partial charge in [-0.25, -0.2) is 0 Å². The third kappa shape index (κ3) is 5.86. The minimum Gasteiger partial charge on any atom is -0.374 e. The Labute approximate surface area is 111 Å². The van der Waals surface area contributed by atoms with Crippen molar-refractivity contribution in [3.63, 3.8) is 0 Å². The van der Waals surface area contributed by atoms with E-state index in [0.717, 1.165) is 12.0 Å². The average molecular weight is 245 g/mol. The van der Waals surface area contributed by atoms with Gasteiger partial charge in [0.15, 0.2) is 0 Å². The van der Waals surface area contributed by atoms with Crippen LogP contribution in [0, 0.1) is 17.8 Å². The number of nitrogens with two attached hydrogens (primary N) is 1. The zero-order valence-corrected chi connectivity index (χ0v) is 11.6. The number of hydrogen-bond donors (Lipinski definition) is 1. The van der Waals surface area contributed by atoms with Gasteiger partial charge in [-0.15, -0.1) is 0 Å². The van der Waals surface area contributed by atoms with Gasteiger partial charge >= 0.3 is 0 Å². The maximum atomic E-state index is 5.80. The SMILES string of the molecule is CC(C)CC(C)OCc1ccc(C#CCN)cc1. The summed E-state index contributed by atoms with van der Waals surface area (Å²) in [5, 5.41) is 0. The third-order valence-electron chi connectivity index (χ3n) is 2.63. The quantitative estimate of drug-likeness (QED) is 0.809. The van der Waals surface area contributed by atoms with E-state index in [1.807, 2.05) is 12.1 Å². The van der Waals surface area contributed by atoms with Crippen LogP contribution in [0.2, 0.25) is 0 Å². The summed E-state index contributed by atoms with van der Waals surface area (Å²) in [4.78, 5) is 0. The first-order valence-corrected chi connectivity index (χ1v) is 6.51. The molecule has 1 aromatic rings. The first-order valence-electron chi connectivity index (χ1n) is 6.51. The summed E-state index contributed by atoms with van der Waals surface area (Å²) < 4.78 is 5.80. The minimum absolute atomic E-state index is 0.307. The van der Waals surface area contributed by atoms with Gasteiger partial charge in [-0.1, -0.05) is 37.8 Å². The van der Waals surface area contributed by atoms with Gasteiger partial charge in [-0.3, -0.25) is 0 Å². The summed E-state index contributed by atoms with van der Waals surface area (Å²) in [7, 11) is 0. The summed E-state index contributed by atoms with van der Waals surface area (Å²) in [5.41, 5.74) is 7.52. The van der Waals surface area contributed by atoms with Gasteiger partial charge in [-0.05, 0) is 37.0 Å². The largest absolute Gasteiger partial charge is 0.374 e. The van der Waals surface area contributed by atoms with E-state index >= 15 is 0 Å². The molecule has 98 valence electrons. The highest BCUT2D eigenvalue weighted by Crippen LogP contribution is 2.11. The molecule has 0 saturated carbocycles. The van der Waals surface area contributed by atoms with Crippen LogP contribution < -0.4 is 5.73 Å². The molecule has 0 spiro atoms. The van der Waals surface area contributed by atoms with E-state index in [1.54, 1.807) is 0 Å². The molecule has 0 amide bonds. The Balaban J connectivity index is 2.44. The molecule has 2 heteroatoms. The second-order valence-corrected chi connectivity index (χ2v) is 4.95. The van der Waals surface area contributed by atoms with Crippen molar-refractivity contribution >= 4 is 0 Å². The fourth-order valence-electron chi connectivity index (χ4n) is 1.81. The van der Waals surface area contributed by atoms with Crippen LogP contribution in [0.5, 0.6) is 0 Å². The summed E-state index contributed by atoms with van der Waals surface area (Å²) in [6, 6.07) is 8.13. The zero-order chi connectivity index (χ0) is 13.4. The highest BCUT2D eigenvalue weighted by molar-refractivity contribution is 5.36. The Bertz CT molecular complexity index is 397.